The van der Waals surface area contributed by atoms with E-state index in [1.165, 1.54) is 24.8 Å². The van der Waals surface area contributed by atoms with Gasteiger partial charge in [-0.15, -0.1) is 0 Å². The van der Waals surface area contributed by atoms with Crippen LogP contribution in [0.1, 0.15) is 44.4 Å². The first kappa shape index (κ1) is 18.8. The maximum atomic E-state index is 9.17. The Labute approximate surface area is 176 Å². The van der Waals surface area contributed by atoms with Crippen LogP contribution >= 0.6 is 0 Å². The summed E-state index contributed by atoms with van der Waals surface area (Å²) in [5, 5.41) is 11.2. The second-order valence-electron chi connectivity index (χ2n) is 8.47. The summed E-state index contributed by atoms with van der Waals surface area (Å²) in [7, 11) is 0. The molecule has 0 aliphatic carbocycles. The summed E-state index contributed by atoms with van der Waals surface area (Å²) in [5.74, 6) is 0. The summed E-state index contributed by atoms with van der Waals surface area (Å²) in [5.41, 5.74) is 5.70. The van der Waals surface area contributed by atoms with Crippen molar-refractivity contribution in [2.75, 3.05) is 0 Å². The van der Waals surface area contributed by atoms with Crippen LogP contribution in [0.3, 0.4) is 0 Å². The van der Waals surface area contributed by atoms with Crippen molar-refractivity contribution in [3.63, 3.8) is 0 Å². The van der Waals surface area contributed by atoms with Crippen molar-refractivity contribution < 1.29 is 0 Å². The Balaban J connectivity index is 1.45. The fourth-order valence-corrected chi connectivity index (χ4v) is 4.69. The number of aromatic nitrogens is 3. The minimum Gasteiger partial charge on any atom is -0.338 e. The molecule has 1 fully saturated rings. The molecule has 1 aliphatic heterocycles. The van der Waals surface area contributed by atoms with E-state index in [0.717, 1.165) is 39.6 Å². The van der Waals surface area contributed by atoms with Gasteiger partial charge in [0.25, 0.3) is 0 Å². The van der Waals surface area contributed by atoms with E-state index in [-0.39, 0.29) is 0 Å². The third kappa shape index (κ3) is 3.34. The van der Waals surface area contributed by atoms with Crippen molar-refractivity contribution in [3.05, 3.63) is 60.0 Å². The number of aromatic amines is 1. The lowest BCUT2D eigenvalue weighted by Gasteiger charge is -2.39. The highest BCUT2D eigenvalue weighted by molar-refractivity contribution is 6.06. The Morgan fingerprint density at radius 3 is 2.50 bits per heavy atom. The predicted molar refractivity (Wildman–Crippen MR) is 120 cm³/mol. The molecular formula is C25H25N5. The molecule has 1 saturated heterocycles. The van der Waals surface area contributed by atoms with Crippen LogP contribution in [0.25, 0.3) is 33.1 Å². The number of benzene rings is 1. The van der Waals surface area contributed by atoms with Crippen LogP contribution in [0.5, 0.6) is 0 Å². The quantitative estimate of drug-likeness (QED) is 0.503. The van der Waals surface area contributed by atoms with Crippen LogP contribution < -0.4 is 0 Å². The van der Waals surface area contributed by atoms with E-state index in [9.17, 15) is 5.26 Å². The number of rotatable bonds is 3. The SMILES string of the molecule is CC1CCC[C@H](C)N1Cc1ccc(-c2cnc3[nH]c4cnc(C#N)cc4c3c2)cc1. The molecular weight excluding hydrogens is 370 g/mol. The number of nitriles is 1. The minimum absolute atomic E-state index is 0.416. The van der Waals surface area contributed by atoms with Crippen molar-refractivity contribution in [2.45, 2.75) is 51.7 Å². The molecule has 0 saturated carbocycles. The van der Waals surface area contributed by atoms with Crippen LogP contribution in [-0.2, 0) is 6.54 Å². The van der Waals surface area contributed by atoms with E-state index in [1.54, 1.807) is 6.20 Å². The number of fused-ring (bicyclic) bond motifs is 3. The fraction of sp³-hybridized carbons (Fsp3) is 0.320. The average molecular weight is 396 g/mol. The van der Waals surface area contributed by atoms with Gasteiger partial charge >= 0.3 is 0 Å². The number of piperidine rings is 1. The van der Waals surface area contributed by atoms with Crippen molar-refractivity contribution in [2.24, 2.45) is 0 Å². The molecule has 1 unspecified atom stereocenters. The van der Waals surface area contributed by atoms with Crippen LogP contribution in [0, 0.1) is 11.3 Å². The Bertz CT molecular complexity index is 1240. The van der Waals surface area contributed by atoms with Crippen LogP contribution in [-0.4, -0.2) is 31.9 Å². The number of nitrogens with zero attached hydrogens (tertiary/aromatic N) is 4. The summed E-state index contributed by atoms with van der Waals surface area (Å²) in [6, 6.07) is 16.2. The number of nitrogens with one attached hydrogen (secondary N) is 1. The monoisotopic (exact) mass is 395 g/mol. The largest absolute Gasteiger partial charge is 0.338 e. The van der Waals surface area contributed by atoms with Gasteiger partial charge in [0, 0.05) is 41.2 Å². The maximum absolute atomic E-state index is 9.17. The van der Waals surface area contributed by atoms with E-state index in [1.807, 2.05) is 12.3 Å². The Hall–Kier alpha value is -3.23. The van der Waals surface area contributed by atoms with E-state index in [2.05, 4.69) is 70.1 Å². The second kappa shape index (κ2) is 7.55. The summed E-state index contributed by atoms with van der Waals surface area (Å²) in [6.07, 6.45) is 7.53. The van der Waals surface area contributed by atoms with Gasteiger partial charge in [-0.05, 0) is 49.9 Å². The first-order valence-electron chi connectivity index (χ1n) is 10.6. The Morgan fingerprint density at radius 1 is 1.00 bits per heavy atom. The van der Waals surface area contributed by atoms with Gasteiger partial charge in [-0.3, -0.25) is 4.90 Å². The van der Waals surface area contributed by atoms with Crippen LogP contribution in [0.4, 0.5) is 0 Å². The lowest BCUT2D eigenvalue weighted by Crippen LogP contribution is -2.42. The van der Waals surface area contributed by atoms with Crippen molar-refractivity contribution in [3.8, 4) is 17.2 Å². The van der Waals surface area contributed by atoms with Gasteiger partial charge in [0.05, 0.1) is 11.7 Å². The average Bonchev–Trinajstić information content (AvgIpc) is 3.14. The highest BCUT2D eigenvalue weighted by Crippen LogP contribution is 2.29. The molecule has 5 rings (SSSR count). The lowest BCUT2D eigenvalue weighted by atomic mass is 9.96. The zero-order chi connectivity index (χ0) is 20.7. The summed E-state index contributed by atoms with van der Waals surface area (Å²) in [4.78, 5) is 14.7. The van der Waals surface area contributed by atoms with Crippen molar-refractivity contribution in [1.29, 1.82) is 5.26 Å². The molecule has 1 aliphatic rings. The van der Waals surface area contributed by atoms with Crippen LogP contribution in [0.2, 0.25) is 0 Å². The third-order valence-electron chi connectivity index (χ3n) is 6.48. The summed E-state index contributed by atoms with van der Waals surface area (Å²) >= 11 is 0. The molecule has 5 heteroatoms. The number of H-pyrrole nitrogens is 1. The summed E-state index contributed by atoms with van der Waals surface area (Å²) in [6.45, 7) is 5.70. The topological polar surface area (TPSA) is 68.6 Å². The van der Waals surface area contributed by atoms with E-state index in [0.29, 0.717) is 17.8 Å². The number of pyridine rings is 2. The lowest BCUT2D eigenvalue weighted by molar-refractivity contribution is 0.0953. The molecule has 1 N–H and O–H groups in total. The van der Waals surface area contributed by atoms with Crippen molar-refractivity contribution >= 4 is 21.9 Å². The van der Waals surface area contributed by atoms with Gasteiger partial charge in [-0.25, -0.2) is 9.97 Å². The zero-order valence-electron chi connectivity index (χ0n) is 17.4. The molecule has 1 aromatic carbocycles. The Morgan fingerprint density at radius 2 is 1.77 bits per heavy atom. The van der Waals surface area contributed by atoms with Gasteiger partial charge in [0.2, 0.25) is 0 Å². The highest BCUT2D eigenvalue weighted by Gasteiger charge is 2.24. The Kier molecular flexibility index (Phi) is 4.72. The van der Waals surface area contributed by atoms with Crippen LogP contribution in [0.15, 0.2) is 48.8 Å². The molecule has 2 atom stereocenters. The zero-order valence-corrected chi connectivity index (χ0v) is 17.4. The fourth-order valence-electron chi connectivity index (χ4n) is 4.69. The van der Waals surface area contributed by atoms with E-state index in [4.69, 9.17) is 0 Å². The number of likely N-dealkylation sites (tertiary alicyclic amines) is 1. The van der Waals surface area contributed by atoms with Gasteiger partial charge in [0.1, 0.15) is 17.4 Å². The predicted octanol–water partition coefficient (Wildman–Crippen LogP) is 5.41. The maximum Gasteiger partial charge on any atom is 0.141 e. The smallest absolute Gasteiger partial charge is 0.141 e. The molecule has 4 aromatic rings. The molecule has 30 heavy (non-hydrogen) atoms. The molecule has 0 amide bonds. The molecule has 0 radical (unpaired) electrons. The number of hydrogen-bond donors (Lipinski definition) is 1. The van der Waals surface area contributed by atoms with Gasteiger partial charge in [-0.1, -0.05) is 30.7 Å². The minimum atomic E-state index is 0.416. The molecule has 3 aromatic heterocycles. The van der Waals surface area contributed by atoms with Gasteiger partial charge in [0.15, 0.2) is 0 Å². The summed E-state index contributed by atoms with van der Waals surface area (Å²) < 4.78 is 0. The molecule has 0 bridgehead atoms. The first-order valence-corrected chi connectivity index (χ1v) is 10.6. The highest BCUT2D eigenvalue weighted by atomic mass is 15.2. The second-order valence-corrected chi connectivity index (χ2v) is 8.47. The molecule has 4 heterocycles. The molecule has 5 nitrogen and oxygen atoms in total. The number of hydrogen-bond acceptors (Lipinski definition) is 4. The van der Waals surface area contributed by atoms with E-state index >= 15 is 0 Å². The first-order chi connectivity index (χ1) is 14.6. The third-order valence-corrected chi connectivity index (χ3v) is 6.48. The molecule has 150 valence electrons. The van der Waals surface area contributed by atoms with Gasteiger partial charge in [-0.2, -0.15) is 5.26 Å². The van der Waals surface area contributed by atoms with Gasteiger partial charge < -0.3 is 4.98 Å². The molecule has 0 spiro atoms. The normalized spacial score (nSPS) is 19.9. The standard InChI is InChI=1S/C25H25N5/c1-16-4-3-5-17(2)30(16)15-18-6-8-19(9-7-18)20-10-23-22-11-21(12-26)27-14-24(22)29-25(23)28-13-20/h6-11,13-14,16-17H,3-5,15H2,1-2H3,(H,28,29)/t16-,17?/m0/s1. The van der Waals surface area contributed by atoms with Crippen molar-refractivity contribution in [1.82, 2.24) is 19.9 Å². The van der Waals surface area contributed by atoms with E-state index < -0.39 is 0 Å².